The highest BCUT2D eigenvalue weighted by atomic mass is 16.2. The van der Waals surface area contributed by atoms with Crippen LogP contribution >= 0.6 is 0 Å². The Kier molecular flexibility index (Phi) is 4.94. The fourth-order valence-corrected chi connectivity index (χ4v) is 2.48. The summed E-state index contributed by atoms with van der Waals surface area (Å²) >= 11 is 0. The zero-order valence-electron chi connectivity index (χ0n) is 12.5. The quantitative estimate of drug-likeness (QED) is 0.885. The molecular formula is C16H20N4O. The Labute approximate surface area is 124 Å². The highest BCUT2D eigenvalue weighted by Gasteiger charge is 2.14. The fourth-order valence-electron chi connectivity index (χ4n) is 2.48. The van der Waals surface area contributed by atoms with E-state index in [2.05, 4.69) is 23.3 Å². The lowest BCUT2D eigenvalue weighted by atomic mass is 10.2. The number of hydrogen-bond acceptors (Lipinski definition) is 3. The first-order chi connectivity index (χ1) is 10.2. The third kappa shape index (κ3) is 3.60. The molecule has 110 valence electrons. The summed E-state index contributed by atoms with van der Waals surface area (Å²) in [5.41, 5.74) is 1.71. The summed E-state index contributed by atoms with van der Waals surface area (Å²) in [6.45, 7) is 4.30. The zero-order chi connectivity index (χ0) is 15.2. The van der Waals surface area contributed by atoms with E-state index in [-0.39, 0.29) is 24.9 Å². The minimum absolute atomic E-state index is 0.0432. The van der Waals surface area contributed by atoms with E-state index in [9.17, 15) is 4.79 Å². The number of nitriles is 1. The molecule has 0 spiro atoms. The van der Waals surface area contributed by atoms with E-state index in [0.717, 1.165) is 23.9 Å². The summed E-state index contributed by atoms with van der Waals surface area (Å²) in [5.74, 6) is 0.593. The molecule has 0 aliphatic heterocycles. The molecule has 2 rings (SSSR count). The molecule has 1 unspecified atom stereocenters. The van der Waals surface area contributed by atoms with Crippen molar-refractivity contribution in [3.8, 4) is 6.07 Å². The van der Waals surface area contributed by atoms with Gasteiger partial charge in [-0.1, -0.05) is 25.5 Å². The molecule has 1 amide bonds. The summed E-state index contributed by atoms with van der Waals surface area (Å²) in [4.78, 5) is 16.6. The summed E-state index contributed by atoms with van der Waals surface area (Å²) in [6.07, 6.45) is 2.20. The van der Waals surface area contributed by atoms with Gasteiger partial charge in [-0.15, -0.1) is 0 Å². The lowest BCUT2D eigenvalue weighted by Crippen LogP contribution is -2.35. The van der Waals surface area contributed by atoms with Gasteiger partial charge in [-0.25, -0.2) is 4.98 Å². The van der Waals surface area contributed by atoms with Gasteiger partial charge in [0.2, 0.25) is 5.91 Å². The van der Waals surface area contributed by atoms with Gasteiger partial charge in [0, 0.05) is 6.04 Å². The van der Waals surface area contributed by atoms with Crippen LogP contribution < -0.4 is 5.32 Å². The summed E-state index contributed by atoms with van der Waals surface area (Å²) in [6, 6.07) is 9.90. The van der Waals surface area contributed by atoms with E-state index in [1.165, 1.54) is 0 Å². The molecular weight excluding hydrogens is 264 g/mol. The molecule has 0 bridgehead atoms. The maximum absolute atomic E-state index is 12.2. The van der Waals surface area contributed by atoms with Crippen molar-refractivity contribution in [1.82, 2.24) is 14.9 Å². The van der Waals surface area contributed by atoms with Crippen molar-refractivity contribution in [2.75, 3.05) is 0 Å². The van der Waals surface area contributed by atoms with Gasteiger partial charge >= 0.3 is 0 Å². The number of carbonyl (C=O) groups excluding carboxylic acids is 1. The number of nitrogens with zero attached hydrogens (tertiary/aromatic N) is 3. The van der Waals surface area contributed by atoms with Gasteiger partial charge in [0.15, 0.2) is 0 Å². The fraction of sp³-hybridized carbons (Fsp3) is 0.438. The molecule has 0 saturated carbocycles. The van der Waals surface area contributed by atoms with Crippen LogP contribution in [0.3, 0.4) is 0 Å². The van der Waals surface area contributed by atoms with Gasteiger partial charge in [-0.2, -0.15) is 5.26 Å². The number of hydrogen-bond donors (Lipinski definition) is 1. The Bertz CT molecular complexity index is 668. The first kappa shape index (κ1) is 15.0. The van der Waals surface area contributed by atoms with E-state index in [1.54, 1.807) is 0 Å². The number of para-hydroxylation sites is 2. The van der Waals surface area contributed by atoms with Crippen molar-refractivity contribution in [2.24, 2.45) is 0 Å². The average molecular weight is 284 g/mol. The number of amides is 1. The first-order valence-electron chi connectivity index (χ1n) is 7.26. The van der Waals surface area contributed by atoms with Crippen LogP contribution in [0.5, 0.6) is 0 Å². The van der Waals surface area contributed by atoms with Crippen molar-refractivity contribution in [3.63, 3.8) is 0 Å². The number of imidazole rings is 1. The van der Waals surface area contributed by atoms with Crippen LogP contribution in [0, 0.1) is 11.3 Å². The van der Waals surface area contributed by atoms with Gasteiger partial charge in [0.25, 0.3) is 0 Å². The second-order valence-corrected chi connectivity index (χ2v) is 5.20. The molecule has 0 aliphatic rings. The molecule has 0 aliphatic carbocycles. The Balaban J connectivity index is 2.22. The lowest BCUT2D eigenvalue weighted by molar-refractivity contribution is -0.122. The van der Waals surface area contributed by atoms with Crippen molar-refractivity contribution in [1.29, 1.82) is 5.26 Å². The molecule has 5 heteroatoms. The second-order valence-electron chi connectivity index (χ2n) is 5.20. The third-order valence-electron chi connectivity index (χ3n) is 3.40. The van der Waals surface area contributed by atoms with Crippen LogP contribution in [0.2, 0.25) is 0 Å². The molecule has 1 atom stereocenters. The van der Waals surface area contributed by atoms with Crippen LogP contribution in [0.1, 0.15) is 32.5 Å². The van der Waals surface area contributed by atoms with Crippen LogP contribution in [-0.2, 0) is 17.8 Å². The summed E-state index contributed by atoms with van der Waals surface area (Å²) in [7, 11) is 0. The molecule has 1 N–H and O–H groups in total. The molecule has 0 saturated heterocycles. The highest BCUT2D eigenvalue weighted by molar-refractivity contribution is 5.81. The summed E-state index contributed by atoms with van der Waals surface area (Å²) < 4.78 is 1.83. The SMILES string of the molecule is CCCC(C)NC(=O)Cn1c(CC#N)nc2ccccc21. The minimum Gasteiger partial charge on any atom is -0.352 e. The second kappa shape index (κ2) is 6.89. The molecule has 1 heterocycles. The number of rotatable bonds is 6. The van der Waals surface area contributed by atoms with E-state index in [0.29, 0.717) is 5.82 Å². The van der Waals surface area contributed by atoms with E-state index in [4.69, 9.17) is 5.26 Å². The monoisotopic (exact) mass is 284 g/mol. The number of nitrogens with one attached hydrogen (secondary N) is 1. The molecule has 0 fully saturated rings. The Morgan fingerprint density at radius 3 is 2.95 bits per heavy atom. The van der Waals surface area contributed by atoms with Gasteiger partial charge in [-0.05, 0) is 25.5 Å². The van der Waals surface area contributed by atoms with Crippen LogP contribution in [0.4, 0.5) is 0 Å². The highest BCUT2D eigenvalue weighted by Crippen LogP contribution is 2.16. The Morgan fingerprint density at radius 2 is 2.24 bits per heavy atom. The predicted octanol–water partition coefficient (Wildman–Crippen LogP) is 2.41. The van der Waals surface area contributed by atoms with E-state index < -0.39 is 0 Å². The number of aromatic nitrogens is 2. The van der Waals surface area contributed by atoms with Crippen molar-refractivity contribution >= 4 is 16.9 Å². The van der Waals surface area contributed by atoms with Crippen LogP contribution in [0.15, 0.2) is 24.3 Å². The minimum atomic E-state index is -0.0432. The molecule has 21 heavy (non-hydrogen) atoms. The lowest BCUT2D eigenvalue weighted by Gasteiger charge is -2.14. The van der Waals surface area contributed by atoms with Crippen molar-refractivity contribution in [3.05, 3.63) is 30.1 Å². The third-order valence-corrected chi connectivity index (χ3v) is 3.40. The first-order valence-corrected chi connectivity index (χ1v) is 7.26. The zero-order valence-corrected chi connectivity index (χ0v) is 12.5. The van der Waals surface area contributed by atoms with E-state index >= 15 is 0 Å². The molecule has 2 aromatic rings. The Morgan fingerprint density at radius 1 is 1.48 bits per heavy atom. The maximum atomic E-state index is 12.2. The largest absolute Gasteiger partial charge is 0.352 e. The van der Waals surface area contributed by atoms with E-state index in [1.807, 2.05) is 35.8 Å². The maximum Gasteiger partial charge on any atom is 0.240 e. The molecule has 1 aromatic carbocycles. The average Bonchev–Trinajstić information content (AvgIpc) is 2.77. The topological polar surface area (TPSA) is 70.7 Å². The molecule has 1 aromatic heterocycles. The number of fused-ring (bicyclic) bond motifs is 1. The van der Waals surface area contributed by atoms with Crippen molar-refractivity contribution < 1.29 is 4.79 Å². The number of benzene rings is 1. The van der Waals surface area contributed by atoms with Crippen LogP contribution in [0.25, 0.3) is 11.0 Å². The van der Waals surface area contributed by atoms with Gasteiger partial charge in [-0.3, -0.25) is 4.79 Å². The van der Waals surface area contributed by atoms with Gasteiger partial charge in [0.05, 0.1) is 23.5 Å². The Hall–Kier alpha value is -2.35. The summed E-state index contributed by atoms with van der Waals surface area (Å²) in [5, 5.41) is 11.9. The molecule has 0 radical (unpaired) electrons. The van der Waals surface area contributed by atoms with Crippen molar-refractivity contribution in [2.45, 2.75) is 45.7 Å². The standard InChI is InChI=1S/C16H20N4O/c1-3-6-12(2)18-16(21)11-20-14-8-5-4-7-13(14)19-15(20)9-10-17/h4-5,7-8,12H,3,6,9,11H2,1-2H3,(H,18,21). The van der Waals surface area contributed by atoms with Crippen LogP contribution in [-0.4, -0.2) is 21.5 Å². The van der Waals surface area contributed by atoms with Gasteiger partial charge < -0.3 is 9.88 Å². The normalized spacial score (nSPS) is 12.0. The number of carbonyl (C=O) groups is 1. The van der Waals surface area contributed by atoms with Gasteiger partial charge in [0.1, 0.15) is 12.4 Å². The predicted molar refractivity (Wildman–Crippen MR) is 81.6 cm³/mol. The smallest absolute Gasteiger partial charge is 0.240 e. The molecule has 5 nitrogen and oxygen atoms in total.